The van der Waals surface area contributed by atoms with Crippen LogP contribution in [0, 0.1) is 3.57 Å². The lowest BCUT2D eigenvalue weighted by Crippen LogP contribution is -2.53. The van der Waals surface area contributed by atoms with E-state index < -0.39 is 22.0 Å². The van der Waals surface area contributed by atoms with Crippen molar-refractivity contribution in [3.63, 3.8) is 0 Å². The number of carbonyl (C=O) groups is 2. The highest BCUT2D eigenvalue weighted by Crippen LogP contribution is 2.20. The van der Waals surface area contributed by atoms with Gasteiger partial charge >= 0.3 is 0 Å². The van der Waals surface area contributed by atoms with Crippen molar-refractivity contribution >= 4 is 50.1 Å². The largest absolute Gasteiger partial charge is 0.354 e. The Bertz CT molecular complexity index is 1010. The minimum absolute atomic E-state index is 0.221. The van der Waals surface area contributed by atoms with Gasteiger partial charge in [-0.1, -0.05) is 44.2 Å². The summed E-state index contributed by atoms with van der Waals surface area (Å²) >= 11 is 2.14. The molecule has 0 aliphatic heterocycles. The van der Waals surface area contributed by atoms with Crippen LogP contribution in [0.25, 0.3) is 0 Å². The van der Waals surface area contributed by atoms with Crippen LogP contribution in [0.1, 0.15) is 32.3 Å². The van der Waals surface area contributed by atoms with Crippen LogP contribution in [-0.2, 0) is 26.0 Å². The second-order valence-corrected chi connectivity index (χ2v) is 10.9. The number of benzene rings is 2. The number of hydrogen-bond acceptors (Lipinski definition) is 4. The van der Waals surface area contributed by atoms with Crippen molar-refractivity contribution in [1.82, 2.24) is 10.2 Å². The summed E-state index contributed by atoms with van der Waals surface area (Å²) < 4.78 is 27.1. The molecule has 33 heavy (non-hydrogen) atoms. The van der Waals surface area contributed by atoms with Crippen LogP contribution in [0.15, 0.2) is 54.6 Å². The van der Waals surface area contributed by atoms with Crippen molar-refractivity contribution in [2.24, 2.45) is 0 Å². The van der Waals surface area contributed by atoms with Gasteiger partial charge in [0.15, 0.2) is 0 Å². The molecule has 0 fully saturated rings. The quantitative estimate of drug-likeness (QED) is 0.387. The lowest BCUT2D eigenvalue weighted by atomic mass is 10.1. The fourth-order valence-corrected chi connectivity index (χ4v) is 4.69. The van der Waals surface area contributed by atoms with Crippen molar-refractivity contribution in [1.29, 1.82) is 0 Å². The highest BCUT2D eigenvalue weighted by atomic mass is 127. The van der Waals surface area contributed by atoms with Crippen molar-refractivity contribution in [2.45, 2.75) is 39.2 Å². The Hall–Kier alpha value is -2.14. The maximum atomic E-state index is 13.5. The average Bonchev–Trinajstić information content (AvgIpc) is 2.79. The molecule has 2 rings (SSSR count). The predicted octanol–water partition coefficient (Wildman–Crippen LogP) is 3.43. The predicted molar refractivity (Wildman–Crippen MR) is 141 cm³/mol. The van der Waals surface area contributed by atoms with Gasteiger partial charge in [0.2, 0.25) is 21.8 Å². The molecule has 0 aromatic heterocycles. The standard InChI is InChI=1S/C24H32IN3O4S/c1-4-16-26-24(30)22(5-2)27(17-15-19-9-7-6-8-10-19)23(29)18-28(33(3,31)32)21-13-11-20(25)12-14-21/h6-14,22H,4-5,15-18H2,1-3H3,(H,26,30)/t22-/m0/s1. The van der Waals surface area contributed by atoms with Crippen molar-refractivity contribution in [3.8, 4) is 0 Å². The first-order chi connectivity index (χ1) is 15.7. The molecule has 0 bridgehead atoms. The number of amides is 2. The van der Waals surface area contributed by atoms with Gasteiger partial charge in [-0.3, -0.25) is 13.9 Å². The molecule has 0 heterocycles. The second-order valence-electron chi connectivity index (χ2n) is 7.78. The molecule has 180 valence electrons. The van der Waals surface area contributed by atoms with Crippen LogP contribution in [0.5, 0.6) is 0 Å². The van der Waals surface area contributed by atoms with E-state index in [1.807, 2.05) is 44.2 Å². The maximum absolute atomic E-state index is 13.5. The monoisotopic (exact) mass is 585 g/mol. The van der Waals surface area contributed by atoms with Gasteiger partial charge < -0.3 is 10.2 Å². The van der Waals surface area contributed by atoms with Gasteiger partial charge in [-0.2, -0.15) is 0 Å². The summed E-state index contributed by atoms with van der Waals surface area (Å²) in [5.41, 5.74) is 1.45. The molecule has 0 saturated carbocycles. The molecule has 0 saturated heterocycles. The molecular formula is C24H32IN3O4S. The summed E-state index contributed by atoms with van der Waals surface area (Å²) in [4.78, 5) is 27.8. The average molecular weight is 586 g/mol. The lowest BCUT2D eigenvalue weighted by molar-refractivity contribution is -0.139. The minimum atomic E-state index is -3.71. The van der Waals surface area contributed by atoms with Crippen LogP contribution in [0.2, 0.25) is 0 Å². The number of hydrogen-bond donors (Lipinski definition) is 1. The van der Waals surface area contributed by atoms with E-state index in [9.17, 15) is 18.0 Å². The van der Waals surface area contributed by atoms with Crippen LogP contribution < -0.4 is 9.62 Å². The second kappa shape index (κ2) is 12.9. The van der Waals surface area contributed by atoms with Crippen LogP contribution in [0.4, 0.5) is 5.69 Å². The van der Waals surface area contributed by atoms with Crippen molar-refractivity contribution < 1.29 is 18.0 Å². The van der Waals surface area contributed by atoms with E-state index in [0.29, 0.717) is 31.6 Å². The van der Waals surface area contributed by atoms with Gasteiger partial charge in [0.1, 0.15) is 12.6 Å². The molecule has 0 aliphatic carbocycles. The third kappa shape index (κ3) is 8.29. The minimum Gasteiger partial charge on any atom is -0.354 e. The number of sulfonamides is 1. The molecule has 2 amide bonds. The van der Waals surface area contributed by atoms with Gasteiger partial charge in [-0.05, 0) is 71.7 Å². The fraction of sp³-hybridized carbons (Fsp3) is 0.417. The molecule has 0 spiro atoms. The van der Waals surface area contributed by atoms with E-state index >= 15 is 0 Å². The summed E-state index contributed by atoms with van der Waals surface area (Å²) in [6, 6.07) is 16.0. The molecule has 0 radical (unpaired) electrons. The Labute approximate surface area is 210 Å². The normalized spacial score (nSPS) is 12.1. The summed E-state index contributed by atoms with van der Waals surface area (Å²) in [6.45, 7) is 4.28. The van der Waals surface area contributed by atoms with Gasteiger partial charge in [0, 0.05) is 16.7 Å². The number of rotatable bonds is 12. The maximum Gasteiger partial charge on any atom is 0.244 e. The zero-order chi connectivity index (χ0) is 24.4. The van der Waals surface area contributed by atoms with Gasteiger partial charge in [0.05, 0.1) is 11.9 Å². The van der Waals surface area contributed by atoms with E-state index in [-0.39, 0.29) is 12.5 Å². The van der Waals surface area contributed by atoms with E-state index in [2.05, 4.69) is 27.9 Å². The fourth-order valence-electron chi connectivity index (χ4n) is 3.48. The zero-order valence-electron chi connectivity index (χ0n) is 19.3. The van der Waals surface area contributed by atoms with Crippen LogP contribution >= 0.6 is 22.6 Å². The SMILES string of the molecule is CCCNC(=O)[C@H](CC)N(CCc1ccccc1)C(=O)CN(c1ccc(I)cc1)S(C)(=O)=O. The summed E-state index contributed by atoms with van der Waals surface area (Å²) in [7, 11) is -3.71. The molecule has 0 unspecified atom stereocenters. The molecule has 7 nitrogen and oxygen atoms in total. The molecule has 2 aromatic rings. The Balaban J connectivity index is 2.32. The van der Waals surface area contributed by atoms with Gasteiger partial charge in [-0.25, -0.2) is 8.42 Å². The van der Waals surface area contributed by atoms with Crippen LogP contribution in [-0.4, -0.2) is 57.1 Å². The Kier molecular flexibility index (Phi) is 10.6. The number of anilines is 1. The molecule has 9 heteroatoms. The Morgan fingerprint density at radius 1 is 1.03 bits per heavy atom. The van der Waals surface area contributed by atoms with Gasteiger partial charge in [0.25, 0.3) is 0 Å². The summed E-state index contributed by atoms with van der Waals surface area (Å²) in [5, 5.41) is 2.87. The number of nitrogens with zero attached hydrogens (tertiary/aromatic N) is 2. The van der Waals surface area contributed by atoms with Crippen molar-refractivity contribution in [3.05, 3.63) is 63.7 Å². The molecule has 1 atom stereocenters. The molecule has 2 aromatic carbocycles. The zero-order valence-corrected chi connectivity index (χ0v) is 22.3. The first-order valence-corrected chi connectivity index (χ1v) is 13.9. The van der Waals surface area contributed by atoms with E-state index in [1.165, 1.54) is 4.90 Å². The van der Waals surface area contributed by atoms with E-state index in [4.69, 9.17) is 0 Å². The molecule has 1 N–H and O–H groups in total. The summed E-state index contributed by atoms with van der Waals surface area (Å²) in [6.07, 6.45) is 2.86. The highest BCUT2D eigenvalue weighted by Gasteiger charge is 2.31. The summed E-state index contributed by atoms with van der Waals surface area (Å²) in [5.74, 6) is -0.630. The first kappa shape index (κ1) is 27.1. The van der Waals surface area contributed by atoms with Gasteiger partial charge in [-0.15, -0.1) is 0 Å². The highest BCUT2D eigenvalue weighted by molar-refractivity contribution is 14.1. The smallest absolute Gasteiger partial charge is 0.244 e. The third-order valence-corrected chi connectivity index (χ3v) is 7.07. The Morgan fingerprint density at radius 3 is 2.21 bits per heavy atom. The molecular weight excluding hydrogens is 553 g/mol. The van der Waals surface area contributed by atoms with Crippen LogP contribution in [0.3, 0.4) is 0 Å². The number of nitrogens with one attached hydrogen (secondary N) is 1. The topological polar surface area (TPSA) is 86.8 Å². The molecule has 0 aliphatic rings. The number of halogens is 1. The third-order valence-electron chi connectivity index (χ3n) is 5.21. The van der Waals surface area contributed by atoms with Crippen molar-refractivity contribution in [2.75, 3.05) is 30.2 Å². The Morgan fingerprint density at radius 2 is 1.67 bits per heavy atom. The van der Waals surface area contributed by atoms with E-state index in [0.717, 1.165) is 26.1 Å². The lowest BCUT2D eigenvalue weighted by Gasteiger charge is -2.32. The van der Waals surface area contributed by atoms with E-state index in [1.54, 1.807) is 24.3 Å². The number of carbonyl (C=O) groups excluding carboxylic acids is 2. The first-order valence-electron chi connectivity index (χ1n) is 11.0.